The van der Waals surface area contributed by atoms with E-state index < -0.39 is 24.4 Å². The topological polar surface area (TPSA) is 80.8 Å². The zero-order chi connectivity index (χ0) is 21.4. The fourth-order valence-corrected chi connectivity index (χ4v) is 3.97. The summed E-state index contributed by atoms with van der Waals surface area (Å²) in [5.74, 6) is -2.11. The lowest BCUT2D eigenvalue weighted by molar-refractivity contribution is 0.0475. The zero-order valence-electron chi connectivity index (χ0n) is 15.7. The van der Waals surface area contributed by atoms with Gasteiger partial charge in [0.2, 0.25) is 5.78 Å². The molecule has 0 radical (unpaired) electrons. The number of hydrogen-bond acceptors (Lipinski definition) is 6. The molecule has 8 heteroatoms. The molecule has 6 nitrogen and oxygen atoms in total. The fourth-order valence-electron chi connectivity index (χ4n) is 3.15. The van der Waals surface area contributed by atoms with Crippen molar-refractivity contribution in [2.45, 2.75) is 6.92 Å². The van der Waals surface area contributed by atoms with E-state index in [1.165, 1.54) is 29.5 Å². The number of esters is 1. The Morgan fingerprint density at radius 3 is 2.53 bits per heavy atom. The van der Waals surface area contributed by atoms with Gasteiger partial charge >= 0.3 is 5.97 Å². The van der Waals surface area contributed by atoms with E-state index in [-0.39, 0.29) is 22.5 Å². The lowest BCUT2D eigenvalue weighted by Crippen LogP contribution is -2.30. The maximum absolute atomic E-state index is 12.9. The molecule has 0 fully saturated rings. The number of hydrogen-bond donors (Lipinski definition) is 0. The zero-order valence-corrected chi connectivity index (χ0v) is 17.3. The number of benzene rings is 2. The minimum Gasteiger partial charge on any atom is -0.454 e. The Hall–Kier alpha value is -3.29. The molecule has 0 saturated carbocycles. The number of amides is 2. The molecule has 3 aromatic rings. The number of Topliss-reactive ketones (excluding diaryl/α,β-unsaturated/α-hetero) is 1. The monoisotopic (exact) mass is 439 g/mol. The summed E-state index contributed by atoms with van der Waals surface area (Å²) in [4.78, 5) is 51.6. The Bertz CT molecular complexity index is 1200. The van der Waals surface area contributed by atoms with Gasteiger partial charge in [0.25, 0.3) is 11.8 Å². The van der Waals surface area contributed by atoms with E-state index in [9.17, 15) is 19.2 Å². The summed E-state index contributed by atoms with van der Waals surface area (Å²) in [5.41, 5.74) is 1.35. The molecule has 0 unspecified atom stereocenters. The average molecular weight is 440 g/mol. The third-order valence-electron chi connectivity index (χ3n) is 4.73. The van der Waals surface area contributed by atoms with Gasteiger partial charge in [-0.1, -0.05) is 23.7 Å². The summed E-state index contributed by atoms with van der Waals surface area (Å²) >= 11 is 7.38. The van der Waals surface area contributed by atoms with Crippen LogP contribution in [0.2, 0.25) is 5.02 Å². The second-order valence-electron chi connectivity index (χ2n) is 6.57. The Morgan fingerprint density at radius 1 is 1.03 bits per heavy atom. The van der Waals surface area contributed by atoms with E-state index in [1.54, 1.807) is 42.6 Å². The van der Waals surface area contributed by atoms with E-state index in [2.05, 4.69) is 0 Å². The fraction of sp³-hybridized carbons (Fsp3) is 0.0909. The van der Waals surface area contributed by atoms with Crippen LogP contribution in [0, 0.1) is 6.92 Å². The van der Waals surface area contributed by atoms with E-state index in [0.717, 1.165) is 4.90 Å². The second kappa shape index (κ2) is 7.85. The van der Waals surface area contributed by atoms with Gasteiger partial charge in [-0.3, -0.25) is 14.4 Å². The number of thiophene rings is 1. The average Bonchev–Trinajstić information content (AvgIpc) is 3.36. The van der Waals surface area contributed by atoms with Crippen molar-refractivity contribution in [2.75, 3.05) is 11.5 Å². The van der Waals surface area contributed by atoms with Crippen molar-refractivity contribution in [3.8, 4) is 0 Å². The van der Waals surface area contributed by atoms with Gasteiger partial charge in [-0.2, -0.15) is 0 Å². The van der Waals surface area contributed by atoms with E-state index in [1.807, 2.05) is 0 Å². The molecule has 4 rings (SSSR count). The lowest BCUT2D eigenvalue weighted by Gasteiger charge is -2.17. The second-order valence-corrected chi connectivity index (χ2v) is 7.92. The third-order valence-corrected chi connectivity index (χ3v) is 6.05. The van der Waals surface area contributed by atoms with Crippen LogP contribution >= 0.6 is 22.9 Å². The van der Waals surface area contributed by atoms with Crippen LogP contribution in [-0.4, -0.2) is 30.2 Å². The van der Waals surface area contributed by atoms with Gasteiger partial charge in [0.05, 0.1) is 27.3 Å². The number of rotatable bonds is 5. The standard InChI is InChI=1S/C22H14ClNO5S/c1-12-16(23)4-2-5-17(12)24-20(26)14-8-7-13(10-15(14)21(24)27)22(28)29-11-18(25)19-6-3-9-30-19/h2-10H,11H2,1H3. The van der Waals surface area contributed by atoms with Crippen LogP contribution in [0.15, 0.2) is 53.9 Å². The number of ketones is 1. The minimum atomic E-state index is -0.750. The number of carbonyl (C=O) groups is 4. The highest BCUT2D eigenvalue weighted by Gasteiger charge is 2.38. The van der Waals surface area contributed by atoms with Crippen LogP contribution in [0.3, 0.4) is 0 Å². The van der Waals surface area contributed by atoms with Gasteiger partial charge in [-0.05, 0) is 54.3 Å². The van der Waals surface area contributed by atoms with Crippen molar-refractivity contribution in [1.29, 1.82) is 0 Å². The number of anilines is 1. The summed E-state index contributed by atoms with van der Waals surface area (Å²) in [6.07, 6.45) is 0. The van der Waals surface area contributed by atoms with Crippen molar-refractivity contribution in [1.82, 2.24) is 0 Å². The molecule has 0 atom stereocenters. The molecule has 1 aromatic heterocycles. The Balaban J connectivity index is 1.56. The number of nitrogens with zero attached hydrogens (tertiary/aromatic N) is 1. The number of imide groups is 1. The van der Waals surface area contributed by atoms with Gasteiger partial charge in [-0.25, -0.2) is 9.69 Å². The van der Waals surface area contributed by atoms with Gasteiger partial charge in [-0.15, -0.1) is 11.3 Å². The van der Waals surface area contributed by atoms with Crippen LogP contribution in [0.4, 0.5) is 5.69 Å². The Labute approximate surface area is 180 Å². The molecule has 1 aliphatic rings. The van der Waals surface area contributed by atoms with Crippen LogP contribution in [0.5, 0.6) is 0 Å². The molecule has 0 saturated heterocycles. The maximum Gasteiger partial charge on any atom is 0.338 e. The molecule has 0 bridgehead atoms. The first-order valence-electron chi connectivity index (χ1n) is 8.90. The summed E-state index contributed by atoms with van der Waals surface area (Å²) < 4.78 is 5.07. The summed E-state index contributed by atoms with van der Waals surface area (Å²) in [7, 11) is 0. The minimum absolute atomic E-state index is 0.0820. The summed E-state index contributed by atoms with van der Waals surface area (Å²) in [5, 5.41) is 2.19. The SMILES string of the molecule is Cc1c(Cl)cccc1N1C(=O)c2ccc(C(=O)OCC(=O)c3cccs3)cc2C1=O. The first-order chi connectivity index (χ1) is 14.4. The molecule has 2 amide bonds. The number of carbonyl (C=O) groups excluding carboxylic acids is 4. The van der Waals surface area contributed by atoms with Crippen LogP contribution in [0.25, 0.3) is 0 Å². The molecule has 0 aliphatic carbocycles. The van der Waals surface area contributed by atoms with E-state index in [0.29, 0.717) is 21.2 Å². The number of fused-ring (bicyclic) bond motifs is 1. The van der Waals surface area contributed by atoms with E-state index >= 15 is 0 Å². The Morgan fingerprint density at radius 2 is 1.80 bits per heavy atom. The van der Waals surface area contributed by atoms with Crippen molar-refractivity contribution in [2.24, 2.45) is 0 Å². The molecule has 0 N–H and O–H groups in total. The van der Waals surface area contributed by atoms with Crippen molar-refractivity contribution >= 4 is 52.2 Å². The highest BCUT2D eigenvalue weighted by Crippen LogP contribution is 2.33. The molecule has 150 valence electrons. The van der Waals surface area contributed by atoms with E-state index in [4.69, 9.17) is 16.3 Å². The number of halogens is 1. The lowest BCUT2D eigenvalue weighted by atomic mass is 10.1. The highest BCUT2D eigenvalue weighted by molar-refractivity contribution is 7.12. The first kappa shape index (κ1) is 20.0. The molecular formula is C22H14ClNO5S. The van der Waals surface area contributed by atoms with Gasteiger partial charge in [0.1, 0.15) is 0 Å². The van der Waals surface area contributed by atoms with Crippen molar-refractivity contribution in [3.63, 3.8) is 0 Å². The van der Waals surface area contributed by atoms with Gasteiger partial charge in [0.15, 0.2) is 6.61 Å². The maximum atomic E-state index is 12.9. The van der Waals surface area contributed by atoms with Gasteiger partial charge < -0.3 is 4.74 Å². The largest absolute Gasteiger partial charge is 0.454 e. The highest BCUT2D eigenvalue weighted by atomic mass is 35.5. The normalized spacial score (nSPS) is 12.8. The number of ether oxygens (including phenoxy) is 1. The summed E-state index contributed by atoms with van der Waals surface area (Å²) in [6.45, 7) is 1.31. The molecule has 2 heterocycles. The molecule has 1 aliphatic heterocycles. The Kier molecular flexibility index (Phi) is 5.24. The molecule has 30 heavy (non-hydrogen) atoms. The van der Waals surface area contributed by atoms with Crippen molar-refractivity contribution < 1.29 is 23.9 Å². The smallest absolute Gasteiger partial charge is 0.338 e. The quantitative estimate of drug-likeness (QED) is 0.331. The van der Waals surface area contributed by atoms with Crippen LogP contribution in [-0.2, 0) is 4.74 Å². The first-order valence-corrected chi connectivity index (χ1v) is 10.2. The van der Waals surface area contributed by atoms with Gasteiger partial charge in [0, 0.05) is 5.02 Å². The predicted octanol–water partition coefficient (Wildman–Crippen LogP) is 4.55. The van der Waals surface area contributed by atoms with Crippen LogP contribution in [0.1, 0.15) is 46.3 Å². The summed E-state index contributed by atoms with van der Waals surface area (Å²) in [6, 6.07) is 12.5. The van der Waals surface area contributed by atoms with Crippen LogP contribution < -0.4 is 4.90 Å². The molecular weight excluding hydrogens is 426 g/mol. The molecule has 2 aromatic carbocycles. The molecule has 0 spiro atoms. The predicted molar refractivity (Wildman–Crippen MR) is 113 cm³/mol. The third kappa shape index (κ3) is 3.42. The van der Waals surface area contributed by atoms with Crippen molar-refractivity contribution in [3.05, 3.63) is 86.1 Å².